The van der Waals surface area contributed by atoms with Crippen LogP contribution >= 0.6 is 0 Å². The average molecular weight is 271 g/mol. The van der Waals surface area contributed by atoms with E-state index in [0.717, 1.165) is 6.42 Å². The highest BCUT2D eigenvalue weighted by Gasteiger charge is 2.45. The molecule has 0 spiro atoms. The summed E-state index contributed by atoms with van der Waals surface area (Å²) in [5.74, 6) is 0. The largest absolute Gasteiger partial charge is 0.413 e. The van der Waals surface area contributed by atoms with Crippen molar-refractivity contribution in [3.8, 4) is 0 Å². The molecule has 0 N–H and O–H groups in total. The highest BCUT2D eigenvalue weighted by Crippen LogP contribution is 2.43. The Bertz CT molecular complexity index is 244. The molecule has 0 saturated heterocycles. The van der Waals surface area contributed by atoms with Gasteiger partial charge in [0.2, 0.25) is 8.32 Å². The first-order valence-corrected chi connectivity index (χ1v) is 9.62. The fourth-order valence-corrected chi connectivity index (χ4v) is 8.97. The Kier molecular flexibility index (Phi) is 7.46. The molecule has 108 valence electrons. The van der Waals surface area contributed by atoms with E-state index in [4.69, 9.17) is 4.43 Å². The average Bonchev–Trinajstić information content (AvgIpc) is 2.23. The van der Waals surface area contributed by atoms with Crippen LogP contribution in [0.4, 0.5) is 0 Å². The molecule has 0 saturated carbocycles. The van der Waals surface area contributed by atoms with Crippen molar-refractivity contribution in [2.75, 3.05) is 0 Å². The predicted molar refractivity (Wildman–Crippen MR) is 85.6 cm³/mol. The van der Waals surface area contributed by atoms with Gasteiger partial charge in [-0.25, -0.2) is 0 Å². The second-order valence-electron chi connectivity index (χ2n) is 6.59. The molecular weight excluding hydrogens is 236 g/mol. The quantitative estimate of drug-likeness (QED) is 0.412. The van der Waals surface area contributed by atoms with Crippen molar-refractivity contribution in [1.82, 2.24) is 0 Å². The summed E-state index contributed by atoms with van der Waals surface area (Å²) >= 11 is 0. The summed E-state index contributed by atoms with van der Waals surface area (Å²) in [6.45, 7) is 20.6. The van der Waals surface area contributed by atoms with E-state index in [0.29, 0.717) is 22.7 Å². The zero-order chi connectivity index (χ0) is 14.5. The molecule has 0 aliphatic rings. The standard InChI is InChI=1S/C16H34OSi/c1-10-15(8)11-16(9)17-18(12(2)3,13(4)5)14(6)7/h10,12-14,16H,11H2,1-9H3/b15-10+/t16-/m0/s1. The lowest BCUT2D eigenvalue weighted by Crippen LogP contribution is -2.49. The lowest BCUT2D eigenvalue weighted by molar-refractivity contribution is 0.191. The summed E-state index contributed by atoms with van der Waals surface area (Å²) in [6.07, 6.45) is 3.61. The van der Waals surface area contributed by atoms with Crippen LogP contribution in [0.2, 0.25) is 16.6 Å². The summed E-state index contributed by atoms with van der Waals surface area (Å²) in [5.41, 5.74) is 3.45. The Hall–Kier alpha value is -0.0831. The van der Waals surface area contributed by atoms with Gasteiger partial charge < -0.3 is 4.43 Å². The van der Waals surface area contributed by atoms with E-state index < -0.39 is 8.32 Å². The van der Waals surface area contributed by atoms with Crippen LogP contribution < -0.4 is 0 Å². The maximum atomic E-state index is 6.69. The van der Waals surface area contributed by atoms with Crippen LogP contribution in [-0.4, -0.2) is 14.4 Å². The molecule has 0 rings (SSSR count). The number of rotatable bonds is 7. The molecule has 0 aliphatic carbocycles. The van der Waals surface area contributed by atoms with Gasteiger partial charge in [-0.15, -0.1) is 0 Å². The normalized spacial score (nSPS) is 15.9. The first-order valence-electron chi connectivity index (χ1n) is 7.48. The molecule has 0 aromatic carbocycles. The zero-order valence-electron chi connectivity index (χ0n) is 14.0. The Morgan fingerprint density at radius 3 is 1.61 bits per heavy atom. The molecule has 0 aromatic rings. The Labute approximate surface area is 116 Å². The van der Waals surface area contributed by atoms with Gasteiger partial charge in [-0.05, 0) is 43.8 Å². The minimum absolute atomic E-state index is 0.347. The lowest BCUT2D eigenvalue weighted by Gasteiger charge is -2.44. The minimum Gasteiger partial charge on any atom is -0.413 e. The van der Waals surface area contributed by atoms with E-state index in [-0.39, 0.29) is 0 Å². The molecule has 0 aromatic heterocycles. The smallest absolute Gasteiger partial charge is 0.200 e. The second-order valence-corrected chi connectivity index (χ2v) is 12.0. The van der Waals surface area contributed by atoms with Gasteiger partial charge in [-0.2, -0.15) is 0 Å². The molecule has 0 heterocycles. The van der Waals surface area contributed by atoms with Gasteiger partial charge in [0.25, 0.3) is 0 Å². The predicted octanol–water partition coefficient (Wildman–Crippen LogP) is 5.92. The van der Waals surface area contributed by atoms with Crippen LogP contribution in [-0.2, 0) is 4.43 Å². The molecule has 0 bridgehead atoms. The minimum atomic E-state index is -1.70. The summed E-state index contributed by atoms with van der Waals surface area (Å²) in [6, 6.07) is 0. The monoisotopic (exact) mass is 270 g/mol. The van der Waals surface area contributed by atoms with Gasteiger partial charge in [0, 0.05) is 6.10 Å². The molecule has 0 radical (unpaired) electrons. The van der Waals surface area contributed by atoms with Crippen LogP contribution in [0, 0.1) is 0 Å². The molecule has 0 fully saturated rings. The van der Waals surface area contributed by atoms with Crippen molar-refractivity contribution >= 4 is 8.32 Å². The van der Waals surface area contributed by atoms with Gasteiger partial charge >= 0.3 is 0 Å². The maximum absolute atomic E-state index is 6.69. The SMILES string of the molecule is C/C=C(\C)C[C@H](C)O[Si](C(C)C)(C(C)C)C(C)C. The Morgan fingerprint density at radius 1 is 0.944 bits per heavy atom. The third kappa shape index (κ3) is 4.24. The van der Waals surface area contributed by atoms with E-state index in [1.54, 1.807) is 0 Å². The topological polar surface area (TPSA) is 9.23 Å². The molecule has 0 aliphatic heterocycles. The van der Waals surface area contributed by atoms with Crippen LogP contribution in [0.5, 0.6) is 0 Å². The van der Waals surface area contributed by atoms with E-state index in [9.17, 15) is 0 Å². The van der Waals surface area contributed by atoms with Gasteiger partial charge in [0.05, 0.1) is 0 Å². The van der Waals surface area contributed by atoms with Crippen molar-refractivity contribution in [3.05, 3.63) is 11.6 Å². The third-order valence-electron chi connectivity index (χ3n) is 4.21. The van der Waals surface area contributed by atoms with Gasteiger partial charge in [0.15, 0.2) is 0 Å². The van der Waals surface area contributed by atoms with E-state index >= 15 is 0 Å². The van der Waals surface area contributed by atoms with E-state index in [2.05, 4.69) is 68.4 Å². The molecule has 1 atom stereocenters. The third-order valence-corrected chi connectivity index (χ3v) is 10.4. The van der Waals surface area contributed by atoms with E-state index in [1.165, 1.54) is 5.57 Å². The molecule has 0 amide bonds. The summed E-state index contributed by atoms with van der Waals surface area (Å²) in [5, 5.41) is 0. The van der Waals surface area contributed by atoms with Crippen molar-refractivity contribution in [2.24, 2.45) is 0 Å². The van der Waals surface area contributed by atoms with Crippen LogP contribution in [0.15, 0.2) is 11.6 Å². The van der Waals surface area contributed by atoms with Crippen molar-refractivity contribution in [1.29, 1.82) is 0 Å². The summed E-state index contributed by atoms with van der Waals surface area (Å²) < 4.78 is 6.69. The molecule has 18 heavy (non-hydrogen) atoms. The zero-order valence-corrected chi connectivity index (χ0v) is 15.0. The number of hydrogen-bond acceptors (Lipinski definition) is 1. The van der Waals surface area contributed by atoms with Crippen LogP contribution in [0.1, 0.15) is 68.7 Å². The highest BCUT2D eigenvalue weighted by atomic mass is 28.4. The lowest BCUT2D eigenvalue weighted by atomic mass is 10.1. The Morgan fingerprint density at radius 2 is 1.33 bits per heavy atom. The van der Waals surface area contributed by atoms with Crippen LogP contribution in [0.25, 0.3) is 0 Å². The number of hydrogen-bond donors (Lipinski definition) is 0. The molecular formula is C16H34OSi. The summed E-state index contributed by atoms with van der Waals surface area (Å²) in [7, 11) is -1.70. The van der Waals surface area contributed by atoms with Crippen molar-refractivity contribution < 1.29 is 4.43 Å². The van der Waals surface area contributed by atoms with E-state index in [1.807, 2.05) is 0 Å². The number of allylic oxidation sites excluding steroid dienone is 1. The second kappa shape index (κ2) is 7.49. The van der Waals surface area contributed by atoms with Gasteiger partial charge in [0.1, 0.15) is 0 Å². The Balaban J connectivity index is 5.01. The van der Waals surface area contributed by atoms with Crippen molar-refractivity contribution in [2.45, 2.75) is 91.5 Å². The fraction of sp³-hybridized carbons (Fsp3) is 0.875. The van der Waals surface area contributed by atoms with Crippen molar-refractivity contribution in [3.63, 3.8) is 0 Å². The maximum Gasteiger partial charge on any atom is 0.200 e. The molecule has 2 heteroatoms. The van der Waals surface area contributed by atoms with Gasteiger partial charge in [-0.3, -0.25) is 0 Å². The summed E-state index contributed by atoms with van der Waals surface area (Å²) in [4.78, 5) is 0. The van der Waals surface area contributed by atoms with Crippen LogP contribution in [0.3, 0.4) is 0 Å². The van der Waals surface area contributed by atoms with Gasteiger partial charge in [-0.1, -0.05) is 53.2 Å². The first-order chi connectivity index (χ1) is 8.18. The highest BCUT2D eigenvalue weighted by molar-refractivity contribution is 6.77. The molecule has 1 nitrogen and oxygen atoms in total. The fourth-order valence-electron chi connectivity index (χ4n) is 3.37. The first kappa shape index (κ1) is 17.9. The molecule has 0 unspecified atom stereocenters.